The van der Waals surface area contributed by atoms with Crippen LogP contribution in [0.5, 0.6) is 0 Å². The van der Waals surface area contributed by atoms with Crippen molar-refractivity contribution in [2.24, 2.45) is 0 Å². The van der Waals surface area contributed by atoms with E-state index in [1.54, 1.807) is 77.2 Å². The third-order valence-electron chi connectivity index (χ3n) is 4.76. The van der Waals surface area contributed by atoms with Crippen LogP contribution < -0.4 is 15.4 Å². The molecule has 2 amide bonds. The lowest BCUT2D eigenvalue weighted by Gasteiger charge is -2.22. The average Bonchev–Trinajstić information content (AvgIpc) is 3.31. The molecule has 0 aliphatic heterocycles. The molecule has 0 radical (unpaired) electrons. The van der Waals surface area contributed by atoms with Gasteiger partial charge in [-0.15, -0.1) is 22.9 Å². The van der Waals surface area contributed by atoms with E-state index < -0.39 is 27.7 Å². The quantitative estimate of drug-likeness (QED) is 0.247. The minimum absolute atomic E-state index is 0.0188. The second-order valence-corrected chi connectivity index (χ2v) is 12.8. The molecule has 0 saturated carbocycles. The predicted molar refractivity (Wildman–Crippen MR) is 154 cm³/mol. The van der Waals surface area contributed by atoms with E-state index in [2.05, 4.69) is 20.3 Å². The highest BCUT2D eigenvalue weighted by molar-refractivity contribution is 7.89. The summed E-state index contributed by atoms with van der Waals surface area (Å²) in [5, 5.41) is 5.84. The van der Waals surface area contributed by atoms with E-state index in [9.17, 15) is 18.0 Å². The third-order valence-corrected chi connectivity index (χ3v) is 7.79. The zero-order chi connectivity index (χ0) is 28.8. The highest BCUT2D eigenvalue weighted by atomic mass is 35.5. The number of carbonyl (C=O) groups is 2. The Balaban J connectivity index is 1.92. The first-order chi connectivity index (χ1) is 18.3. The SMILES string of the molecule is CC(C)OC(=O)Nc1ccc(-c2ncc(-c3ccc(NC(=O)OCCCl)cc3S(=O)(=O)NC(C)(C)C)s2)cc1. The second kappa shape index (κ2) is 12.8. The summed E-state index contributed by atoms with van der Waals surface area (Å²) in [6, 6.07) is 11.6. The van der Waals surface area contributed by atoms with Gasteiger partial charge in [0.05, 0.1) is 21.8 Å². The topological polar surface area (TPSA) is 136 Å². The van der Waals surface area contributed by atoms with Gasteiger partial charge in [-0.05, 0) is 71.0 Å². The molecule has 1 heterocycles. The van der Waals surface area contributed by atoms with Crippen molar-refractivity contribution in [2.75, 3.05) is 23.1 Å². The van der Waals surface area contributed by atoms with Crippen LogP contribution in [0.15, 0.2) is 53.6 Å². The molecular formula is C26H31ClN4O6S2. The fourth-order valence-electron chi connectivity index (χ4n) is 3.36. The smallest absolute Gasteiger partial charge is 0.411 e. The molecule has 0 spiro atoms. The van der Waals surface area contributed by atoms with Crippen molar-refractivity contribution < 1.29 is 27.5 Å². The van der Waals surface area contributed by atoms with Crippen LogP contribution in [0.1, 0.15) is 34.6 Å². The minimum Gasteiger partial charge on any atom is -0.448 e. The Morgan fingerprint density at radius 1 is 1.03 bits per heavy atom. The van der Waals surface area contributed by atoms with E-state index in [-0.39, 0.29) is 29.2 Å². The number of carbonyl (C=O) groups excluding carboxylic acids is 2. The number of sulfonamides is 1. The molecule has 0 bridgehead atoms. The predicted octanol–water partition coefficient (Wildman–Crippen LogP) is 6.30. The summed E-state index contributed by atoms with van der Waals surface area (Å²) in [7, 11) is -3.99. The van der Waals surface area contributed by atoms with Gasteiger partial charge in [0.25, 0.3) is 0 Å². The number of halogens is 1. The van der Waals surface area contributed by atoms with Gasteiger partial charge in [0, 0.05) is 34.2 Å². The molecule has 0 saturated heterocycles. The van der Waals surface area contributed by atoms with E-state index in [0.29, 0.717) is 21.1 Å². The molecular weight excluding hydrogens is 564 g/mol. The van der Waals surface area contributed by atoms with Crippen LogP contribution in [0.25, 0.3) is 21.0 Å². The van der Waals surface area contributed by atoms with Crippen LogP contribution in [0, 0.1) is 0 Å². The van der Waals surface area contributed by atoms with Crippen molar-refractivity contribution in [2.45, 2.75) is 51.2 Å². The normalized spacial score (nSPS) is 11.8. The molecule has 10 nitrogen and oxygen atoms in total. The van der Waals surface area contributed by atoms with Crippen molar-refractivity contribution in [3.8, 4) is 21.0 Å². The molecule has 39 heavy (non-hydrogen) atoms. The number of rotatable bonds is 9. The summed E-state index contributed by atoms with van der Waals surface area (Å²) in [6.45, 7) is 8.76. The van der Waals surface area contributed by atoms with Crippen molar-refractivity contribution in [3.05, 3.63) is 48.7 Å². The number of ether oxygens (including phenoxy) is 2. The molecule has 3 aromatic rings. The third kappa shape index (κ3) is 8.92. The molecule has 0 aliphatic rings. The van der Waals surface area contributed by atoms with Crippen molar-refractivity contribution in [1.82, 2.24) is 9.71 Å². The van der Waals surface area contributed by atoms with E-state index >= 15 is 0 Å². The van der Waals surface area contributed by atoms with Crippen LogP contribution in [0.3, 0.4) is 0 Å². The summed E-state index contributed by atoms with van der Waals surface area (Å²) in [6.07, 6.45) is 0.0717. The first-order valence-corrected chi connectivity index (χ1v) is 14.8. The van der Waals surface area contributed by atoms with E-state index in [1.807, 2.05) is 0 Å². The highest BCUT2D eigenvalue weighted by Gasteiger charge is 2.26. The number of nitrogens with zero attached hydrogens (tertiary/aromatic N) is 1. The maximum atomic E-state index is 13.4. The highest BCUT2D eigenvalue weighted by Crippen LogP contribution is 2.37. The standard InChI is InChI=1S/C26H31ClN4O6S2/c1-16(2)37-25(33)29-18-8-6-17(7-9-18)23-28-15-21(38-23)20-11-10-19(30-24(32)36-13-12-27)14-22(20)39(34,35)31-26(3,4)5/h6-11,14-16,31H,12-13H2,1-5H3,(H,29,33)(H,30,32). The summed E-state index contributed by atoms with van der Waals surface area (Å²) < 4.78 is 39.5. The van der Waals surface area contributed by atoms with E-state index in [1.165, 1.54) is 17.4 Å². The molecule has 0 atom stereocenters. The first-order valence-electron chi connectivity index (χ1n) is 12.0. The van der Waals surface area contributed by atoms with Gasteiger partial charge >= 0.3 is 12.2 Å². The largest absolute Gasteiger partial charge is 0.448 e. The first kappa shape index (κ1) is 30.4. The maximum absolute atomic E-state index is 13.4. The fraction of sp³-hybridized carbons (Fsp3) is 0.346. The summed E-state index contributed by atoms with van der Waals surface area (Å²) >= 11 is 6.86. The maximum Gasteiger partial charge on any atom is 0.411 e. The molecule has 0 fully saturated rings. The number of alkyl halides is 1. The van der Waals surface area contributed by atoms with Crippen molar-refractivity contribution >= 4 is 56.5 Å². The zero-order valence-corrected chi connectivity index (χ0v) is 24.6. The molecule has 3 N–H and O–H groups in total. The molecule has 0 aliphatic carbocycles. The molecule has 210 valence electrons. The second-order valence-electron chi connectivity index (χ2n) is 9.70. The summed E-state index contributed by atoms with van der Waals surface area (Å²) in [5.41, 5.74) is 1.28. The number of aromatic nitrogens is 1. The number of benzene rings is 2. The fourth-order valence-corrected chi connectivity index (χ4v) is 6.13. The number of hydrogen-bond donors (Lipinski definition) is 3. The Labute approximate surface area is 237 Å². The van der Waals surface area contributed by atoms with Crippen LogP contribution in [0.2, 0.25) is 0 Å². The Morgan fingerprint density at radius 2 is 1.67 bits per heavy atom. The summed E-state index contributed by atoms with van der Waals surface area (Å²) in [4.78, 5) is 28.9. The Kier molecular flexibility index (Phi) is 9.94. The Bertz CT molecular complexity index is 1420. The summed E-state index contributed by atoms with van der Waals surface area (Å²) in [5.74, 6) is 0.138. The molecule has 0 unspecified atom stereocenters. The Hall–Kier alpha value is -3.19. The van der Waals surface area contributed by atoms with Crippen LogP contribution >= 0.6 is 22.9 Å². The molecule has 13 heteroatoms. The van der Waals surface area contributed by atoms with Gasteiger partial charge in [-0.25, -0.2) is 27.7 Å². The van der Waals surface area contributed by atoms with Gasteiger partial charge in [-0.1, -0.05) is 6.07 Å². The van der Waals surface area contributed by atoms with Gasteiger partial charge in [0.2, 0.25) is 10.0 Å². The van der Waals surface area contributed by atoms with Gasteiger partial charge < -0.3 is 9.47 Å². The van der Waals surface area contributed by atoms with Crippen molar-refractivity contribution in [3.63, 3.8) is 0 Å². The number of nitrogens with one attached hydrogen (secondary N) is 3. The van der Waals surface area contributed by atoms with Gasteiger partial charge in [0.1, 0.15) is 11.6 Å². The number of thiazole rings is 1. The lowest BCUT2D eigenvalue weighted by atomic mass is 10.1. The van der Waals surface area contributed by atoms with Crippen LogP contribution in [-0.4, -0.2) is 49.7 Å². The average molecular weight is 595 g/mol. The molecule has 3 rings (SSSR count). The van der Waals surface area contributed by atoms with Crippen molar-refractivity contribution in [1.29, 1.82) is 0 Å². The zero-order valence-electron chi connectivity index (χ0n) is 22.2. The Morgan fingerprint density at radius 3 is 2.28 bits per heavy atom. The molecule has 1 aromatic heterocycles. The lowest BCUT2D eigenvalue weighted by Crippen LogP contribution is -2.40. The monoisotopic (exact) mass is 594 g/mol. The van der Waals surface area contributed by atoms with Crippen LogP contribution in [0.4, 0.5) is 21.0 Å². The minimum atomic E-state index is -3.99. The number of amides is 2. The lowest BCUT2D eigenvalue weighted by molar-refractivity contribution is 0.130. The van der Waals surface area contributed by atoms with Gasteiger partial charge in [0.15, 0.2) is 0 Å². The van der Waals surface area contributed by atoms with E-state index in [0.717, 1.165) is 5.56 Å². The van der Waals surface area contributed by atoms with E-state index in [4.69, 9.17) is 21.1 Å². The van der Waals surface area contributed by atoms with Gasteiger partial charge in [-0.3, -0.25) is 10.6 Å². The number of hydrogen-bond acceptors (Lipinski definition) is 8. The van der Waals surface area contributed by atoms with Crippen LogP contribution in [-0.2, 0) is 19.5 Å². The number of anilines is 2. The van der Waals surface area contributed by atoms with Gasteiger partial charge in [-0.2, -0.15) is 0 Å². The molecule has 2 aromatic carbocycles.